The van der Waals surface area contributed by atoms with Crippen LogP contribution in [0.1, 0.15) is 16.1 Å². The molecule has 0 aliphatic rings. The van der Waals surface area contributed by atoms with E-state index in [1.807, 2.05) is 48.5 Å². The Kier molecular flexibility index (Phi) is 5.43. The van der Waals surface area contributed by atoms with Crippen LogP contribution in [-0.4, -0.2) is 10.9 Å². The lowest BCUT2D eigenvalue weighted by molar-refractivity contribution is 0.0924. The van der Waals surface area contributed by atoms with E-state index in [0.29, 0.717) is 33.8 Å². The van der Waals surface area contributed by atoms with Crippen molar-refractivity contribution in [1.82, 2.24) is 10.3 Å². The van der Waals surface area contributed by atoms with Gasteiger partial charge in [-0.1, -0.05) is 53.5 Å². The van der Waals surface area contributed by atoms with Gasteiger partial charge >= 0.3 is 0 Å². The van der Waals surface area contributed by atoms with Gasteiger partial charge < -0.3 is 14.2 Å². The van der Waals surface area contributed by atoms with Crippen molar-refractivity contribution in [2.45, 2.75) is 6.54 Å². The number of carbonyl (C=O) groups is 1. The number of benzene rings is 3. The maximum absolute atomic E-state index is 12.5. The molecule has 0 saturated carbocycles. The molecule has 2 aromatic heterocycles. The van der Waals surface area contributed by atoms with E-state index in [1.165, 1.54) is 0 Å². The van der Waals surface area contributed by atoms with Crippen LogP contribution in [0, 0.1) is 0 Å². The van der Waals surface area contributed by atoms with Crippen LogP contribution in [0.4, 0.5) is 0 Å². The second kappa shape index (κ2) is 8.54. The van der Waals surface area contributed by atoms with Crippen molar-refractivity contribution in [3.8, 4) is 22.8 Å². The van der Waals surface area contributed by atoms with Crippen LogP contribution in [0.5, 0.6) is 0 Å². The highest BCUT2D eigenvalue weighted by molar-refractivity contribution is 6.43. The van der Waals surface area contributed by atoms with Crippen LogP contribution in [0.3, 0.4) is 0 Å². The maximum atomic E-state index is 12.5. The number of halogens is 2. The predicted octanol–water partition coefficient (Wildman–Crippen LogP) is 6.99. The van der Waals surface area contributed by atoms with Gasteiger partial charge in [0.05, 0.1) is 10.0 Å². The Balaban J connectivity index is 1.25. The van der Waals surface area contributed by atoms with E-state index in [2.05, 4.69) is 10.3 Å². The monoisotopic (exact) mass is 462 g/mol. The minimum atomic E-state index is -0.322. The molecule has 0 spiro atoms. The zero-order valence-corrected chi connectivity index (χ0v) is 18.2. The average molecular weight is 463 g/mol. The summed E-state index contributed by atoms with van der Waals surface area (Å²) in [5.74, 6) is 0.909. The Morgan fingerprint density at radius 2 is 1.69 bits per heavy atom. The molecule has 0 unspecified atom stereocenters. The molecule has 5 nitrogen and oxygen atoms in total. The van der Waals surface area contributed by atoms with E-state index in [9.17, 15) is 4.79 Å². The number of rotatable bonds is 5. The van der Waals surface area contributed by atoms with Crippen molar-refractivity contribution < 1.29 is 13.6 Å². The summed E-state index contributed by atoms with van der Waals surface area (Å²) in [4.78, 5) is 17.0. The molecule has 1 N–H and O–H groups in total. The molecule has 2 heterocycles. The van der Waals surface area contributed by atoms with Gasteiger partial charge in [0.1, 0.15) is 11.3 Å². The third-order valence-electron chi connectivity index (χ3n) is 4.99. The molecule has 0 atom stereocenters. The normalized spacial score (nSPS) is 11.1. The van der Waals surface area contributed by atoms with E-state index < -0.39 is 0 Å². The first-order chi connectivity index (χ1) is 15.6. The third kappa shape index (κ3) is 4.00. The zero-order chi connectivity index (χ0) is 22.1. The summed E-state index contributed by atoms with van der Waals surface area (Å²) in [6, 6.07) is 23.9. The van der Waals surface area contributed by atoms with Gasteiger partial charge in [-0.2, -0.15) is 0 Å². The highest BCUT2D eigenvalue weighted by atomic mass is 35.5. The molecule has 3 aromatic carbocycles. The third-order valence-corrected chi connectivity index (χ3v) is 5.81. The SMILES string of the molecule is O=C(NCc1ccc(-c2nc3ccccc3o2)cc1)c1ccc(-c2cccc(Cl)c2Cl)o1. The van der Waals surface area contributed by atoms with Crippen molar-refractivity contribution in [2.75, 3.05) is 0 Å². The van der Waals surface area contributed by atoms with Crippen molar-refractivity contribution >= 4 is 40.2 Å². The van der Waals surface area contributed by atoms with E-state index in [0.717, 1.165) is 22.2 Å². The predicted molar refractivity (Wildman–Crippen MR) is 125 cm³/mol. The molecule has 5 rings (SSSR count). The molecule has 0 radical (unpaired) electrons. The number of carbonyl (C=O) groups excluding carboxylic acids is 1. The van der Waals surface area contributed by atoms with Crippen LogP contribution in [-0.2, 0) is 6.54 Å². The van der Waals surface area contributed by atoms with Crippen molar-refractivity contribution in [1.29, 1.82) is 0 Å². The first kappa shape index (κ1) is 20.4. The van der Waals surface area contributed by atoms with Gasteiger partial charge in [0.15, 0.2) is 11.3 Å². The summed E-state index contributed by atoms with van der Waals surface area (Å²) in [5, 5.41) is 3.66. The fraction of sp³-hybridized carbons (Fsp3) is 0.0400. The Labute approximate surface area is 193 Å². The van der Waals surface area contributed by atoms with Crippen molar-refractivity contribution in [3.05, 3.63) is 100 Å². The summed E-state index contributed by atoms with van der Waals surface area (Å²) in [5.41, 5.74) is 3.99. The molecule has 0 bridgehead atoms. The topological polar surface area (TPSA) is 68.3 Å². The van der Waals surface area contributed by atoms with Crippen LogP contribution in [0.2, 0.25) is 10.0 Å². The maximum Gasteiger partial charge on any atom is 0.287 e. The minimum absolute atomic E-state index is 0.194. The van der Waals surface area contributed by atoms with Crippen LogP contribution in [0.15, 0.2) is 87.7 Å². The average Bonchev–Trinajstić information content (AvgIpc) is 3.47. The number of fused-ring (bicyclic) bond motifs is 1. The van der Waals surface area contributed by atoms with E-state index in [4.69, 9.17) is 32.0 Å². The quantitative estimate of drug-likeness (QED) is 0.305. The van der Waals surface area contributed by atoms with E-state index >= 15 is 0 Å². The summed E-state index contributed by atoms with van der Waals surface area (Å²) in [6.45, 7) is 0.348. The number of para-hydroxylation sites is 2. The lowest BCUT2D eigenvalue weighted by Crippen LogP contribution is -2.22. The molecule has 0 aliphatic carbocycles. The van der Waals surface area contributed by atoms with Gasteiger partial charge in [-0.3, -0.25) is 4.79 Å². The molecule has 0 saturated heterocycles. The minimum Gasteiger partial charge on any atom is -0.451 e. The lowest BCUT2D eigenvalue weighted by Gasteiger charge is -2.05. The van der Waals surface area contributed by atoms with Gasteiger partial charge in [-0.05, 0) is 54.1 Å². The highest BCUT2D eigenvalue weighted by Crippen LogP contribution is 2.34. The fourth-order valence-electron chi connectivity index (χ4n) is 3.33. The Bertz CT molecular complexity index is 1390. The Hall–Kier alpha value is -3.54. The number of furan rings is 1. The number of hydrogen-bond acceptors (Lipinski definition) is 4. The van der Waals surface area contributed by atoms with Gasteiger partial charge in [-0.25, -0.2) is 4.98 Å². The van der Waals surface area contributed by atoms with Crippen LogP contribution in [0.25, 0.3) is 33.9 Å². The zero-order valence-electron chi connectivity index (χ0n) is 16.6. The smallest absolute Gasteiger partial charge is 0.287 e. The highest BCUT2D eigenvalue weighted by Gasteiger charge is 2.15. The molecule has 0 fully saturated rings. The summed E-state index contributed by atoms with van der Waals surface area (Å²) < 4.78 is 11.5. The van der Waals surface area contributed by atoms with Crippen molar-refractivity contribution in [2.24, 2.45) is 0 Å². The number of nitrogens with one attached hydrogen (secondary N) is 1. The van der Waals surface area contributed by atoms with Crippen LogP contribution < -0.4 is 5.32 Å². The molecule has 7 heteroatoms. The van der Waals surface area contributed by atoms with Gasteiger partial charge in [-0.15, -0.1) is 0 Å². The van der Waals surface area contributed by atoms with Crippen molar-refractivity contribution in [3.63, 3.8) is 0 Å². The first-order valence-electron chi connectivity index (χ1n) is 9.86. The van der Waals surface area contributed by atoms with Gasteiger partial charge in [0.25, 0.3) is 5.91 Å². The molecule has 1 amide bonds. The number of amides is 1. The van der Waals surface area contributed by atoms with E-state index in [-0.39, 0.29) is 11.7 Å². The molecular weight excluding hydrogens is 447 g/mol. The molecular formula is C25H16Cl2N2O3. The molecule has 158 valence electrons. The van der Waals surface area contributed by atoms with E-state index in [1.54, 1.807) is 30.3 Å². The number of nitrogens with zero attached hydrogens (tertiary/aromatic N) is 1. The summed E-state index contributed by atoms with van der Waals surface area (Å²) in [6.07, 6.45) is 0. The Morgan fingerprint density at radius 1 is 0.875 bits per heavy atom. The summed E-state index contributed by atoms with van der Waals surface area (Å²) >= 11 is 12.3. The van der Waals surface area contributed by atoms with Gasteiger partial charge in [0.2, 0.25) is 5.89 Å². The number of aromatic nitrogens is 1. The largest absolute Gasteiger partial charge is 0.451 e. The fourth-order valence-corrected chi connectivity index (χ4v) is 3.72. The van der Waals surface area contributed by atoms with Gasteiger partial charge in [0, 0.05) is 17.7 Å². The standard InChI is InChI=1S/C25H16Cl2N2O3/c26-18-5-3-4-17(23(18)27)20-12-13-22(31-20)24(30)28-14-15-8-10-16(11-9-15)25-29-19-6-1-2-7-21(19)32-25/h1-13H,14H2,(H,28,30). The second-order valence-corrected chi connectivity index (χ2v) is 7.92. The number of hydrogen-bond donors (Lipinski definition) is 1. The Morgan fingerprint density at radius 3 is 2.50 bits per heavy atom. The molecule has 0 aliphatic heterocycles. The number of oxazole rings is 1. The second-order valence-electron chi connectivity index (χ2n) is 7.13. The van der Waals surface area contributed by atoms with Crippen LogP contribution >= 0.6 is 23.2 Å². The summed E-state index contributed by atoms with van der Waals surface area (Å²) in [7, 11) is 0. The molecule has 32 heavy (non-hydrogen) atoms. The molecule has 5 aromatic rings. The lowest BCUT2D eigenvalue weighted by atomic mass is 10.1. The first-order valence-corrected chi connectivity index (χ1v) is 10.6.